The van der Waals surface area contributed by atoms with Crippen LogP contribution in [0.15, 0.2) is 18.3 Å². The Morgan fingerprint density at radius 1 is 1.33 bits per heavy atom. The average molecular weight is 292 g/mol. The first-order valence-electron chi connectivity index (χ1n) is 7.03. The molecule has 0 aromatic carbocycles. The minimum absolute atomic E-state index is 0.174. The van der Waals surface area contributed by atoms with Crippen LogP contribution in [0.3, 0.4) is 0 Å². The average Bonchev–Trinajstić information content (AvgIpc) is 2.43. The number of carbonyl (C=O) groups excluding carboxylic acids is 1. The van der Waals surface area contributed by atoms with Crippen molar-refractivity contribution in [1.29, 1.82) is 0 Å². The number of urea groups is 1. The van der Waals surface area contributed by atoms with Crippen molar-refractivity contribution >= 4 is 17.7 Å². The maximum Gasteiger partial charge on any atom is 0.356 e. The van der Waals surface area contributed by atoms with Gasteiger partial charge in [-0.15, -0.1) is 0 Å². The molecule has 0 saturated carbocycles. The van der Waals surface area contributed by atoms with Crippen molar-refractivity contribution < 1.29 is 14.7 Å². The molecule has 0 spiro atoms. The third kappa shape index (κ3) is 3.69. The first kappa shape index (κ1) is 15.2. The first-order valence-corrected chi connectivity index (χ1v) is 7.03. The highest BCUT2D eigenvalue weighted by molar-refractivity contribution is 5.98. The SMILES string of the molecule is CC1CCCC(C)N1NC(=O)Nc1cccnc1C(=O)O. The van der Waals surface area contributed by atoms with Gasteiger partial charge in [0.15, 0.2) is 5.69 Å². The van der Waals surface area contributed by atoms with Crippen molar-refractivity contribution in [2.75, 3.05) is 5.32 Å². The first-order chi connectivity index (χ1) is 9.99. The van der Waals surface area contributed by atoms with Crippen LogP contribution in [0.1, 0.15) is 43.6 Å². The quantitative estimate of drug-likeness (QED) is 0.793. The van der Waals surface area contributed by atoms with Crippen LogP contribution in [0.5, 0.6) is 0 Å². The number of nitrogens with zero attached hydrogens (tertiary/aromatic N) is 2. The smallest absolute Gasteiger partial charge is 0.356 e. The topological polar surface area (TPSA) is 94.6 Å². The number of carbonyl (C=O) groups is 2. The molecule has 1 saturated heterocycles. The van der Waals surface area contributed by atoms with Gasteiger partial charge in [-0.05, 0) is 38.8 Å². The molecule has 2 amide bonds. The van der Waals surface area contributed by atoms with Crippen molar-refractivity contribution in [3.05, 3.63) is 24.0 Å². The zero-order valence-electron chi connectivity index (χ0n) is 12.2. The number of hydrogen-bond acceptors (Lipinski definition) is 4. The minimum atomic E-state index is -1.18. The van der Waals surface area contributed by atoms with Crippen LogP contribution < -0.4 is 10.7 Å². The number of hydrazine groups is 1. The summed E-state index contributed by atoms with van der Waals surface area (Å²) in [5, 5.41) is 13.5. The Hall–Kier alpha value is -2.15. The van der Waals surface area contributed by atoms with Gasteiger partial charge in [0.05, 0.1) is 5.69 Å². The normalized spacial score (nSPS) is 22.6. The molecular formula is C14H20N4O3. The Balaban J connectivity index is 2.03. The zero-order chi connectivity index (χ0) is 15.4. The molecule has 1 aromatic rings. The van der Waals surface area contributed by atoms with E-state index in [1.165, 1.54) is 12.3 Å². The summed E-state index contributed by atoms with van der Waals surface area (Å²) >= 11 is 0. The van der Waals surface area contributed by atoms with Crippen LogP contribution in [0.25, 0.3) is 0 Å². The summed E-state index contributed by atoms with van der Waals surface area (Å²) in [4.78, 5) is 26.9. The van der Waals surface area contributed by atoms with Gasteiger partial charge < -0.3 is 10.4 Å². The largest absolute Gasteiger partial charge is 0.476 e. The summed E-state index contributed by atoms with van der Waals surface area (Å²) < 4.78 is 0. The summed E-state index contributed by atoms with van der Waals surface area (Å²) in [5.74, 6) is -1.18. The number of aromatic carboxylic acids is 1. The van der Waals surface area contributed by atoms with E-state index in [0.29, 0.717) is 0 Å². The van der Waals surface area contributed by atoms with Crippen molar-refractivity contribution in [3.8, 4) is 0 Å². The van der Waals surface area contributed by atoms with Crippen molar-refractivity contribution in [2.24, 2.45) is 0 Å². The Bertz CT molecular complexity index is 525. The molecule has 0 aliphatic carbocycles. The van der Waals surface area contributed by atoms with Gasteiger partial charge in [0.1, 0.15) is 0 Å². The maximum absolute atomic E-state index is 12.1. The molecule has 0 radical (unpaired) electrons. The highest BCUT2D eigenvalue weighted by Crippen LogP contribution is 2.20. The summed E-state index contributed by atoms with van der Waals surface area (Å²) in [6.45, 7) is 4.12. The van der Waals surface area contributed by atoms with E-state index < -0.39 is 12.0 Å². The minimum Gasteiger partial charge on any atom is -0.476 e. The molecule has 2 heterocycles. The van der Waals surface area contributed by atoms with E-state index in [0.717, 1.165) is 19.3 Å². The van der Waals surface area contributed by atoms with Gasteiger partial charge in [-0.3, -0.25) is 5.43 Å². The van der Waals surface area contributed by atoms with Crippen LogP contribution >= 0.6 is 0 Å². The third-order valence-corrected chi connectivity index (χ3v) is 3.68. The number of aromatic nitrogens is 1. The number of pyridine rings is 1. The van der Waals surface area contributed by atoms with E-state index >= 15 is 0 Å². The van der Waals surface area contributed by atoms with E-state index in [1.807, 2.05) is 5.01 Å². The molecule has 2 rings (SSSR count). The second-order valence-corrected chi connectivity index (χ2v) is 5.31. The van der Waals surface area contributed by atoms with Crippen LogP contribution in [-0.2, 0) is 0 Å². The molecule has 1 aliphatic rings. The van der Waals surface area contributed by atoms with Crippen molar-refractivity contribution in [1.82, 2.24) is 15.4 Å². The van der Waals surface area contributed by atoms with E-state index in [-0.39, 0.29) is 23.5 Å². The second kappa shape index (κ2) is 6.53. The predicted octanol–water partition coefficient (Wildman–Crippen LogP) is 2.08. The Morgan fingerprint density at radius 2 is 2.00 bits per heavy atom. The number of hydrogen-bond donors (Lipinski definition) is 3. The Kier molecular flexibility index (Phi) is 4.74. The van der Waals surface area contributed by atoms with E-state index in [2.05, 4.69) is 29.6 Å². The molecular weight excluding hydrogens is 272 g/mol. The molecule has 7 nitrogen and oxygen atoms in total. The Morgan fingerprint density at radius 3 is 2.62 bits per heavy atom. The van der Waals surface area contributed by atoms with Gasteiger partial charge in [0.2, 0.25) is 0 Å². The van der Waals surface area contributed by atoms with Crippen LogP contribution in [0.4, 0.5) is 10.5 Å². The van der Waals surface area contributed by atoms with Crippen LogP contribution in [0, 0.1) is 0 Å². The van der Waals surface area contributed by atoms with Crippen LogP contribution in [-0.4, -0.2) is 39.2 Å². The highest BCUT2D eigenvalue weighted by atomic mass is 16.4. The van der Waals surface area contributed by atoms with Gasteiger partial charge in [-0.2, -0.15) is 0 Å². The Labute approximate surface area is 123 Å². The molecule has 0 bridgehead atoms. The zero-order valence-corrected chi connectivity index (χ0v) is 12.2. The summed E-state index contributed by atoms with van der Waals surface area (Å²) in [6.07, 6.45) is 4.57. The molecule has 2 atom stereocenters. The summed E-state index contributed by atoms with van der Waals surface area (Å²) in [7, 11) is 0. The fourth-order valence-corrected chi connectivity index (χ4v) is 2.59. The van der Waals surface area contributed by atoms with E-state index in [4.69, 9.17) is 5.11 Å². The number of amides is 2. The molecule has 1 aliphatic heterocycles. The second-order valence-electron chi connectivity index (χ2n) is 5.31. The van der Waals surface area contributed by atoms with Gasteiger partial charge >= 0.3 is 12.0 Å². The summed E-state index contributed by atoms with van der Waals surface area (Å²) in [6, 6.07) is 3.15. The van der Waals surface area contributed by atoms with Crippen LogP contribution in [0.2, 0.25) is 0 Å². The number of carboxylic acid groups (broad SMARTS) is 1. The molecule has 2 unspecified atom stereocenters. The lowest BCUT2D eigenvalue weighted by Crippen LogP contribution is -2.55. The number of piperidine rings is 1. The molecule has 3 N–H and O–H groups in total. The van der Waals surface area contributed by atoms with Crippen molar-refractivity contribution in [3.63, 3.8) is 0 Å². The summed E-state index contributed by atoms with van der Waals surface area (Å²) in [5.41, 5.74) is 2.80. The molecule has 21 heavy (non-hydrogen) atoms. The monoisotopic (exact) mass is 292 g/mol. The lowest BCUT2D eigenvalue weighted by Gasteiger charge is -2.38. The fourth-order valence-electron chi connectivity index (χ4n) is 2.59. The number of carboxylic acids is 1. The maximum atomic E-state index is 12.1. The number of rotatable bonds is 3. The van der Waals surface area contributed by atoms with Gasteiger partial charge in [-0.25, -0.2) is 19.6 Å². The standard InChI is InChI=1S/C14H20N4O3/c1-9-5-3-6-10(2)18(9)17-14(21)16-11-7-4-8-15-12(11)13(19)20/h4,7-10H,3,5-6H2,1-2H3,(H,19,20)(H2,16,17,21). The van der Waals surface area contributed by atoms with Crippen molar-refractivity contribution in [2.45, 2.75) is 45.2 Å². The van der Waals surface area contributed by atoms with Gasteiger partial charge in [-0.1, -0.05) is 6.42 Å². The number of nitrogens with one attached hydrogen (secondary N) is 2. The fraction of sp³-hybridized carbons (Fsp3) is 0.500. The molecule has 1 aromatic heterocycles. The highest BCUT2D eigenvalue weighted by Gasteiger charge is 2.26. The lowest BCUT2D eigenvalue weighted by atomic mass is 10.00. The third-order valence-electron chi connectivity index (χ3n) is 3.68. The van der Waals surface area contributed by atoms with E-state index in [9.17, 15) is 9.59 Å². The molecule has 7 heteroatoms. The van der Waals surface area contributed by atoms with Gasteiger partial charge in [0.25, 0.3) is 0 Å². The number of anilines is 1. The molecule has 1 fully saturated rings. The lowest BCUT2D eigenvalue weighted by molar-refractivity contribution is 0.0625. The van der Waals surface area contributed by atoms with Gasteiger partial charge in [0, 0.05) is 18.3 Å². The van der Waals surface area contributed by atoms with E-state index in [1.54, 1.807) is 6.07 Å². The predicted molar refractivity (Wildman–Crippen MR) is 78.0 cm³/mol. The molecule has 114 valence electrons.